The first-order valence-electron chi connectivity index (χ1n) is 7.68. The summed E-state index contributed by atoms with van der Waals surface area (Å²) in [4.78, 5) is 0. The highest BCUT2D eigenvalue weighted by Crippen LogP contribution is 2.02. The van der Waals surface area contributed by atoms with Crippen LogP contribution in [0.2, 0.25) is 0 Å². The topological polar surface area (TPSA) is 27.3 Å². The van der Waals surface area contributed by atoms with Crippen LogP contribution in [0.5, 0.6) is 0 Å². The summed E-state index contributed by atoms with van der Waals surface area (Å²) in [6, 6.07) is 20.3. The molecule has 2 aromatic carbocycles. The fraction of sp³-hybridized carbons (Fsp3) is 0.211. The van der Waals surface area contributed by atoms with Crippen molar-refractivity contribution in [1.82, 2.24) is 4.57 Å². The molecular weight excluding hydrogens is 288 g/mol. The van der Waals surface area contributed by atoms with Crippen molar-refractivity contribution in [2.24, 2.45) is 0 Å². The Labute approximate surface area is 136 Å². The van der Waals surface area contributed by atoms with Crippen LogP contribution in [-0.2, 0) is 36.1 Å². The summed E-state index contributed by atoms with van der Waals surface area (Å²) < 4.78 is 15.4. The van der Waals surface area contributed by atoms with Gasteiger partial charge in [0, 0.05) is 0 Å². The Morgan fingerprint density at radius 1 is 0.783 bits per heavy atom. The first-order chi connectivity index (χ1) is 11.4. The van der Waals surface area contributed by atoms with Crippen molar-refractivity contribution < 1.29 is 14.0 Å². The molecule has 4 nitrogen and oxygen atoms in total. The molecular formula is C19H21N2O2+. The van der Waals surface area contributed by atoms with E-state index in [1.54, 1.807) is 0 Å². The minimum absolute atomic E-state index is 0.528. The van der Waals surface area contributed by atoms with Gasteiger partial charge in [0.1, 0.15) is 12.4 Å². The molecule has 0 unspecified atom stereocenters. The molecule has 0 bridgehead atoms. The van der Waals surface area contributed by atoms with Crippen LogP contribution in [0.15, 0.2) is 79.4 Å². The van der Waals surface area contributed by atoms with Gasteiger partial charge >= 0.3 is 0 Å². The standard InChI is InChI=1S/C19H21N2O2/c1-3-7-18(8-4-1)13-22-16-20-11-12-21(15-20)17-23-14-19-9-5-2-6-10-19/h1-12,15H,13-14,16-17H2/q+1. The summed E-state index contributed by atoms with van der Waals surface area (Å²) in [5, 5.41) is 0. The molecule has 0 aliphatic carbocycles. The van der Waals surface area contributed by atoms with Crippen molar-refractivity contribution in [2.45, 2.75) is 26.7 Å². The Morgan fingerprint density at radius 2 is 1.39 bits per heavy atom. The third-order valence-corrected chi connectivity index (χ3v) is 3.45. The van der Waals surface area contributed by atoms with Crippen LogP contribution < -0.4 is 4.57 Å². The minimum atomic E-state index is 0.528. The fourth-order valence-electron chi connectivity index (χ4n) is 2.28. The van der Waals surface area contributed by atoms with E-state index in [-0.39, 0.29) is 0 Å². The maximum absolute atomic E-state index is 5.70. The van der Waals surface area contributed by atoms with Gasteiger partial charge in [-0.2, -0.15) is 0 Å². The zero-order valence-electron chi connectivity index (χ0n) is 13.0. The number of imidazole rings is 1. The van der Waals surface area contributed by atoms with Crippen LogP contribution in [0, 0.1) is 0 Å². The van der Waals surface area contributed by atoms with E-state index in [2.05, 4.69) is 24.3 Å². The molecule has 3 aromatic rings. The van der Waals surface area contributed by atoms with Gasteiger partial charge in [-0.25, -0.2) is 9.13 Å². The van der Waals surface area contributed by atoms with E-state index in [1.165, 1.54) is 11.1 Å². The molecule has 0 saturated heterocycles. The van der Waals surface area contributed by atoms with Crippen LogP contribution in [0.3, 0.4) is 0 Å². The summed E-state index contributed by atoms with van der Waals surface area (Å²) in [5.74, 6) is 0. The molecule has 0 amide bonds. The number of nitrogens with zero attached hydrogens (tertiary/aromatic N) is 2. The lowest BCUT2D eigenvalue weighted by Gasteiger charge is -2.02. The third-order valence-electron chi connectivity index (χ3n) is 3.45. The Kier molecular flexibility index (Phi) is 5.56. The predicted molar refractivity (Wildman–Crippen MR) is 87.1 cm³/mol. The molecule has 0 aliphatic rings. The lowest BCUT2D eigenvalue weighted by Crippen LogP contribution is -2.32. The van der Waals surface area contributed by atoms with Gasteiger partial charge in [0.2, 0.25) is 6.33 Å². The van der Waals surface area contributed by atoms with Gasteiger partial charge in [0.05, 0.1) is 13.2 Å². The van der Waals surface area contributed by atoms with Crippen molar-refractivity contribution in [3.8, 4) is 0 Å². The summed E-state index contributed by atoms with van der Waals surface area (Å²) in [6.45, 7) is 2.29. The summed E-state index contributed by atoms with van der Waals surface area (Å²) in [7, 11) is 0. The largest absolute Gasteiger partial charge is 0.337 e. The Balaban J connectivity index is 1.39. The van der Waals surface area contributed by atoms with Crippen molar-refractivity contribution in [3.63, 3.8) is 0 Å². The number of hydrogen-bond acceptors (Lipinski definition) is 2. The predicted octanol–water partition coefficient (Wildman–Crippen LogP) is 3.12. The second-order valence-corrected chi connectivity index (χ2v) is 5.37. The Morgan fingerprint density at radius 3 is 2.04 bits per heavy atom. The maximum Gasteiger partial charge on any atom is 0.247 e. The van der Waals surface area contributed by atoms with Crippen LogP contribution in [-0.4, -0.2) is 4.57 Å². The molecule has 0 atom stereocenters. The second kappa shape index (κ2) is 8.27. The van der Waals surface area contributed by atoms with E-state index >= 15 is 0 Å². The molecule has 1 aromatic heterocycles. The highest BCUT2D eigenvalue weighted by atomic mass is 16.5. The zero-order valence-corrected chi connectivity index (χ0v) is 13.0. The molecule has 0 saturated carbocycles. The van der Waals surface area contributed by atoms with Crippen LogP contribution >= 0.6 is 0 Å². The number of hydrogen-bond donors (Lipinski definition) is 0. The molecule has 0 spiro atoms. The van der Waals surface area contributed by atoms with Crippen molar-refractivity contribution in [3.05, 3.63) is 90.5 Å². The van der Waals surface area contributed by atoms with Gasteiger partial charge in [-0.05, 0) is 11.1 Å². The minimum Gasteiger partial charge on any atom is -0.337 e. The summed E-state index contributed by atoms with van der Waals surface area (Å²) in [6.07, 6.45) is 5.95. The van der Waals surface area contributed by atoms with Crippen LogP contribution in [0.1, 0.15) is 11.1 Å². The van der Waals surface area contributed by atoms with E-state index in [1.807, 2.05) is 64.3 Å². The van der Waals surface area contributed by atoms with E-state index in [0.29, 0.717) is 26.7 Å². The van der Waals surface area contributed by atoms with E-state index < -0.39 is 0 Å². The average molecular weight is 309 g/mol. The van der Waals surface area contributed by atoms with E-state index in [4.69, 9.17) is 9.47 Å². The molecule has 0 fully saturated rings. The van der Waals surface area contributed by atoms with Crippen molar-refractivity contribution in [2.75, 3.05) is 0 Å². The van der Waals surface area contributed by atoms with Crippen LogP contribution in [0.25, 0.3) is 0 Å². The molecule has 0 aliphatic heterocycles. The lowest BCUT2D eigenvalue weighted by atomic mass is 10.2. The molecule has 118 valence electrons. The van der Waals surface area contributed by atoms with Gasteiger partial charge in [-0.1, -0.05) is 60.7 Å². The normalized spacial score (nSPS) is 10.8. The first kappa shape index (κ1) is 15.5. The van der Waals surface area contributed by atoms with Crippen molar-refractivity contribution in [1.29, 1.82) is 0 Å². The van der Waals surface area contributed by atoms with Gasteiger partial charge in [0.15, 0.2) is 13.5 Å². The first-order valence-corrected chi connectivity index (χ1v) is 7.68. The van der Waals surface area contributed by atoms with E-state index in [9.17, 15) is 0 Å². The molecule has 4 heteroatoms. The van der Waals surface area contributed by atoms with Crippen molar-refractivity contribution >= 4 is 0 Å². The average Bonchev–Trinajstić information content (AvgIpc) is 3.05. The Bertz CT molecular complexity index is 636. The monoisotopic (exact) mass is 309 g/mol. The van der Waals surface area contributed by atoms with Gasteiger partial charge in [-0.15, -0.1) is 0 Å². The lowest BCUT2D eigenvalue weighted by molar-refractivity contribution is -0.733. The number of rotatable bonds is 8. The van der Waals surface area contributed by atoms with E-state index in [0.717, 1.165) is 0 Å². The van der Waals surface area contributed by atoms with Gasteiger partial charge in [0.25, 0.3) is 0 Å². The summed E-state index contributed by atoms with van der Waals surface area (Å²) >= 11 is 0. The zero-order chi connectivity index (χ0) is 15.7. The quantitative estimate of drug-likeness (QED) is 0.598. The second-order valence-electron chi connectivity index (χ2n) is 5.37. The highest BCUT2D eigenvalue weighted by molar-refractivity contribution is 5.13. The fourth-order valence-corrected chi connectivity index (χ4v) is 2.28. The number of ether oxygens (including phenoxy) is 2. The van der Waals surface area contributed by atoms with Gasteiger partial charge in [-0.3, -0.25) is 0 Å². The summed E-state index contributed by atoms with van der Waals surface area (Å²) in [5.41, 5.74) is 2.36. The smallest absolute Gasteiger partial charge is 0.247 e. The number of aromatic nitrogens is 2. The number of benzene rings is 2. The van der Waals surface area contributed by atoms with Gasteiger partial charge < -0.3 is 9.47 Å². The molecule has 1 heterocycles. The molecule has 3 rings (SSSR count). The SMILES string of the molecule is c1ccc(COCn2cc[n+](COCc3ccccc3)c2)cc1. The molecule has 23 heavy (non-hydrogen) atoms. The highest BCUT2D eigenvalue weighted by Gasteiger charge is 2.04. The molecule has 0 radical (unpaired) electrons. The molecule has 0 N–H and O–H groups in total. The maximum atomic E-state index is 5.70. The Hall–Kier alpha value is -2.43. The van der Waals surface area contributed by atoms with Crippen LogP contribution in [0.4, 0.5) is 0 Å². The third kappa shape index (κ3) is 5.06.